The van der Waals surface area contributed by atoms with Crippen molar-refractivity contribution in [2.24, 2.45) is 0 Å². The zero-order valence-corrected chi connectivity index (χ0v) is 20.4. The molecule has 0 radical (unpaired) electrons. The number of nitrogens with zero attached hydrogens (tertiary/aromatic N) is 5. The van der Waals surface area contributed by atoms with E-state index in [1.807, 2.05) is 18.3 Å². The average molecular weight is 488 g/mol. The molecule has 0 fully saturated rings. The Bertz CT molecular complexity index is 2140. The summed E-state index contributed by atoms with van der Waals surface area (Å²) in [6.07, 6.45) is 7.56. The molecule has 178 valence electrons. The van der Waals surface area contributed by atoms with Gasteiger partial charge in [-0.2, -0.15) is 0 Å². The van der Waals surface area contributed by atoms with Crippen molar-refractivity contribution < 1.29 is 0 Å². The topological polar surface area (TPSA) is 48.5 Å². The van der Waals surface area contributed by atoms with Gasteiger partial charge in [0.15, 0.2) is 5.82 Å². The molecule has 0 bridgehead atoms. The lowest BCUT2D eigenvalue weighted by Crippen LogP contribution is -1.97. The highest BCUT2D eigenvalue weighted by molar-refractivity contribution is 6.18. The van der Waals surface area contributed by atoms with E-state index >= 15 is 0 Å². The van der Waals surface area contributed by atoms with Crippen molar-refractivity contribution in [3.63, 3.8) is 0 Å². The highest BCUT2D eigenvalue weighted by Crippen LogP contribution is 2.38. The Morgan fingerprint density at radius 3 is 2.42 bits per heavy atom. The molecule has 5 nitrogen and oxygen atoms in total. The van der Waals surface area contributed by atoms with Crippen LogP contribution in [0.5, 0.6) is 0 Å². The van der Waals surface area contributed by atoms with Crippen molar-refractivity contribution >= 4 is 43.6 Å². The van der Waals surface area contributed by atoms with Crippen LogP contribution in [0.15, 0.2) is 128 Å². The summed E-state index contributed by atoms with van der Waals surface area (Å²) in [5.41, 5.74) is 7.63. The number of fused-ring (bicyclic) bond motifs is 6. The van der Waals surface area contributed by atoms with E-state index in [9.17, 15) is 0 Å². The summed E-state index contributed by atoms with van der Waals surface area (Å²) < 4.78 is 4.63. The predicted molar refractivity (Wildman–Crippen MR) is 154 cm³/mol. The van der Waals surface area contributed by atoms with Crippen molar-refractivity contribution in [2.75, 3.05) is 0 Å². The van der Waals surface area contributed by atoms with Gasteiger partial charge in [-0.05, 0) is 48.5 Å². The Balaban J connectivity index is 1.40. The first-order valence-corrected chi connectivity index (χ1v) is 12.6. The molecule has 5 heteroatoms. The summed E-state index contributed by atoms with van der Waals surface area (Å²) in [6.45, 7) is 0. The smallest absolute Gasteiger partial charge is 0.159 e. The fourth-order valence-corrected chi connectivity index (χ4v) is 5.56. The first kappa shape index (κ1) is 20.9. The molecule has 0 N–H and O–H groups in total. The molecular formula is C33H21N5. The first-order valence-electron chi connectivity index (χ1n) is 12.6. The third-order valence-electron chi connectivity index (χ3n) is 7.28. The van der Waals surface area contributed by atoms with E-state index in [-0.39, 0.29) is 0 Å². The van der Waals surface area contributed by atoms with Crippen LogP contribution < -0.4 is 0 Å². The molecule has 0 aliphatic rings. The van der Waals surface area contributed by atoms with Crippen LogP contribution in [0, 0.1) is 0 Å². The SMILES string of the molecule is c1ccc(-n2ccc3c2ccc2c4ccccc4n(-c4cccc(-c5ncc6cnccc6n5)c4)c23)cc1. The second-order valence-electron chi connectivity index (χ2n) is 9.45. The van der Waals surface area contributed by atoms with Crippen LogP contribution in [0.2, 0.25) is 0 Å². The maximum absolute atomic E-state index is 4.82. The Hall–Kier alpha value is -5.29. The summed E-state index contributed by atoms with van der Waals surface area (Å²) in [6, 6.07) is 36.2. The molecule has 0 saturated heterocycles. The quantitative estimate of drug-likeness (QED) is 0.256. The van der Waals surface area contributed by atoms with E-state index in [2.05, 4.69) is 116 Å². The molecule has 0 aliphatic carbocycles. The molecule has 4 aromatic heterocycles. The fourth-order valence-electron chi connectivity index (χ4n) is 5.56. The number of hydrogen-bond acceptors (Lipinski definition) is 3. The Kier molecular flexibility index (Phi) is 4.45. The zero-order chi connectivity index (χ0) is 25.1. The van der Waals surface area contributed by atoms with Crippen LogP contribution in [0.25, 0.3) is 66.4 Å². The Labute approximate surface area is 218 Å². The van der Waals surface area contributed by atoms with E-state index in [4.69, 9.17) is 4.98 Å². The van der Waals surface area contributed by atoms with E-state index < -0.39 is 0 Å². The molecule has 0 spiro atoms. The van der Waals surface area contributed by atoms with Gasteiger partial charge >= 0.3 is 0 Å². The van der Waals surface area contributed by atoms with Gasteiger partial charge in [-0.15, -0.1) is 0 Å². The van der Waals surface area contributed by atoms with Gasteiger partial charge in [-0.3, -0.25) is 4.98 Å². The Morgan fingerprint density at radius 2 is 1.47 bits per heavy atom. The monoisotopic (exact) mass is 487 g/mol. The molecule has 0 unspecified atom stereocenters. The lowest BCUT2D eigenvalue weighted by Gasteiger charge is -2.11. The van der Waals surface area contributed by atoms with Crippen LogP contribution >= 0.6 is 0 Å². The normalized spacial score (nSPS) is 11.7. The van der Waals surface area contributed by atoms with Gasteiger partial charge in [0.2, 0.25) is 0 Å². The molecule has 0 atom stereocenters. The summed E-state index contributed by atoms with van der Waals surface area (Å²) in [4.78, 5) is 13.6. The first-order chi connectivity index (χ1) is 18.8. The molecule has 0 saturated carbocycles. The average Bonchev–Trinajstić information content (AvgIpc) is 3.57. The van der Waals surface area contributed by atoms with Gasteiger partial charge in [-0.25, -0.2) is 9.97 Å². The molecule has 8 aromatic rings. The number of para-hydroxylation sites is 2. The molecular weight excluding hydrogens is 466 g/mol. The highest BCUT2D eigenvalue weighted by atomic mass is 15.0. The van der Waals surface area contributed by atoms with Crippen LogP contribution in [-0.4, -0.2) is 24.1 Å². The number of pyridine rings is 1. The molecule has 4 aromatic carbocycles. The third-order valence-corrected chi connectivity index (χ3v) is 7.28. The van der Waals surface area contributed by atoms with E-state index in [0.29, 0.717) is 5.82 Å². The van der Waals surface area contributed by atoms with E-state index in [1.165, 1.54) is 32.7 Å². The Morgan fingerprint density at radius 1 is 0.605 bits per heavy atom. The van der Waals surface area contributed by atoms with Gasteiger partial charge in [0.1, 0.15) is 0 Å². The number of benzene rings is 4. The maximum Gasteiger partial charge on any atom is 0.159 e. The summed E-state index contributed by atoms with van der Waals surface area (Å²) in [5, 5.41) is 4.61. The fraction of sp³-hybridized carbons (Fsp3) is 0. The minimum Gasteiger partial charge on any atom is -0.316 e. The minimum atomic E-state index is 0.701. The number of rotatable bonds is 3. The molecule has 8 rings (SSSR count). The van der Waals surface area contributed by atoms with Gasteiger partial charge in [-0.1, -0.05) is 54.6 Å². The highest BCUT2D eigenvalue weighted by Gasteiger charge is 2.17. The number of hydrogen-bond donors (Lipinski definition) is 0. The summed E-state index contributed by atoms with van der Waals surface area (Å²) in [7, 11) is 0. The van der Waals surface area contributed by atoms with Crippen LogP contribution in [0.4, 0.5) is 0 Å². The largest absolute Gasteiger partial charge is 0.316 e. The van der Waals surface area contributed by atoms with Gasteiger partial charge in [0.05, 0.1) is 22.1 Å². The lowest BCUT2D eigenvalue weighted by atomic mass is 10.1. The molecule has 38 heavy (non-hydrogen) atoms. The second kappa shape index (κ2) is 8.11. The molecule has 0 amide bonds. The summed E-state index contributed by atoms with van der Waals surface area (Å²) >= 11 is 0. The van der Waals surface area contributed by atoms with Gasteiger partial charge in [0, 0.05) is 63.3 Å². The minimum absolute atomic E-state index is 0.701. The molecule has 0 aliphatic heterocycles. The van der Waals surface area contributed by atoms with Crippen molar-refractivity contribution in [2.45, 2.75) is 0 Å². The third kappa shape index (κ3) is 3.09. The van der Waals surface area contributed by atoms with Crippen molar-refractivity contribution in [3.05, 3.63) is 128 Å². The van der Waals surface area contributed by atoms with Crippen LogP contribution in [0.1, 0.15) is 0 Å². The van der Waals surface area contributed by atoms with Gasteiger partial charge < -0.3 is 9.13 Å². The number of aromatic nitrogens is 5. The maximum atomic E-state index is 4.82. The van der Waals surface area contributed by atoms with Gasteiger partial charge in [0.25, 0.3) is 0 Å². The predicted octanol–water partition coefficient (Wildman–Crippen LogP) is 7.73. The lowest BCUT2D eigenvalue weighted by molar-refractivity contribution is 1.13. The zero-order valence-electron chi connectivity index (χ0n) is 20.4. The standard InChI is InChI=1S/C33H21N5/c1-2-8-24(9-3-1)37-18-16-28-30(37)14-13-27-26-11-4-5-12-31(26)38(32(27)28)25-10-6-7-22(19-25)33-35-21-23-20-34-17-15-29(23)36-33/h1-21H. The van der Waals surface area contributed by atoms with Crippen LogP contribution in [0.3, 0.4) is 0 Å². The summed E-state index contributed by atoms with van der Waals surface area (Å²) in [5.74, 6) is 0.701. The van der Waals surface area contributed by atoms with Crippen molar-refractivity contribution in [1.29, 1.82) is 0 Å². The second-order valence-corrected chi connectivity index (χ2v) is 9.45. The van der Waals surface area contributed by atoms with Crippen LogP contribution in [-0.2, 0) is 0 Å². The van der Waals surface area contributed by atoms with E-state index in [1.54, 1.807) is 12.4 Å². The molecule has 4 heterocycles. The van der Waals surface area contributed by atoms with E-state index in [0.717, 1.165) is 27.8 Å². The van der Waals surface area contributed by atoms with Crippen molar-refractivity contribution in [3.8, 4) is 22.8 Å². The van der Waals surface area contributed by atoms with Crippen molar-refractivity contribution in [1.82, 2.24) is 24.1 Å².